The number of rotatable bonds is 6. The highest BCUT2D eigenvalue weighted by Gasteiger charge is 2.17. The van der Waals surface area contributed by atoms with Gasteiger partial charge in [0.2, 0.25) is 5.91 Å². The molecule has 2 rings (SSSR count). The van der Waals surface area contributed by atoms with E-state index in [0.29, 0.717) is 17.2 Å². The number of hydrogen-bond acceptors (Lipinski definition) is 5. The number of nitrogens with two attached hydrogens (primary N) is 1. The van der Waals surface area contributed by atoms with E-state index in [4.69, 9.17) is 10.5 Å². The molecule has 3 N–H and O–H groups in total. The molecule has 6 nitrogen and oxygen atoms in total. The minimum absolute atomic E-state index is 0.0460. The molecule has 134 valence electrons. The van der Waals surface area contributed by atoms with Crippen LogP contribution in [0.3, 0.4) is 0 Å². The van der Waals surface area contributed by atoms with Crippen molar-refractivity contribution in [3.05, 3.63) is 48.5 Å². The minimum atomic E-state index is -3.29. The number of carbonyl (C=O) groups is 1. The van der Waals surface area contributed by atoms with E-state index in [1.807, 2.05) is 13.8 Å². The molecule has 2 aromatic carbocycles. The van der Waals surface area contributed by atoms with Crippen LogP contribution in [0.2, 0.25) is 0 Å². The molecule has 0 radical (unpaired) electrons. The number of hydrogen-bond donors (Lipinski definition) is 2. The maximum Gasteiger partial charge on any atom is 0.241 e. The molecule has 0 aliphatic rings. The zero-order valence-corrected chi connectivity index (χ0v) is 15.2. The van der Waals surface area contributed by atoms with E-state index in [1.54, 1.807) is 36.4 Å². The first-order chi connectivity index (χ1) is 11.7. The van der Waals surface area contributed by atoms with Crippen LogP contribution in [0.25, 0.3) is 0 Å². The Morgan fingerprint density at radius 3 is 2.28 bits per heavy atom. The van der Waals surface area contributed by atoms with Gasteiger partial charge in [-0.1, -0.05) is 19.9 Å². The van der Waals surface area contributed by atoms with Gasteiger partial charge in [0.05, 0.1) is 10.9 Å². The van der Waals surface area contributed by atoms with Crippen molar-refractivity contribution < 1.29 is 17.9 Å². The molecule has 25 heavy (non-hydrogen) atoms. The summed E-state index contributed by atoms with van der Waals surface area (Å²) in [6.45, 7) is 3.76. The molecule has 0 bridgehead atoms. The molecule has 0 aliphatic carbocycles. The first-order valence-corrected chi connectivity index (χ1v) is 9.70. The average Bonchev–Trinajstić information content (AvgIpc) is 2.55. The second-order valence-corrected chi connectivity index (χ2v) is 8.15. The van der Waals surface area contributed by atoms with E-state index in [-0.39, 0.29) is 16.7 Å². The zero-order valence-electron chi connectivity index (χ0n) is 14.4. The largest absolute Gasteiger partial charge is 0.457 e. The van der Waals surface area contributed by atoms with Gasteiger partial charge in [0.1, 0.15) is 11.5 Å². The molecule has 1 amide bonds. The smallest absolute Gasteiger partial charge is 0.241 e. The lowest BCUT2D eigenvalue weighted by Gasteiger charge is -2.15. The van der Waals surface area contributed by atoms with Gasteiger partial charge in [-0.2, -0.15) is 0 Å². The molecule has 0 heterocycles. The Bertz CT molecular complexity index is 846. The third kappa shape index (κ3) is 5.30. The Balaban J connectivity index is 2.07. The molecule has 0 aromatic heterocycles. The molecule has 0 aliphatic heterocycles. The van der Waals surface area contributed by atoms with E-state index < -0.39 is 15.9 Å². The third-order valence-electron chi connectivity index (χ3n) is 3.61. The molecule has 1 atom stereocenters. The second-order valence-electron chi connectivity index (χ2n) is 6.13. The van der Waals surface area contributed by atoms with Crippen LogP contribution in [0.4, 0.5) is 5.69 Å². The molecule has 0 fully saturated rings. The first-order valence-electron chi connectivity index (χ1n) is 7.81. The van der Waals surface area contributed by atoms with E-state index in [0.717, 1.165) is 6.26 Å². The number of carbonyl (C=O) groups excluding carboxylic acids is 1. The van der Waals surface area contributed by atoms with Crippen LogP contribution in [0.5, 0.6) is 11.5 Å². The van der Waals surface area contributed by atoms with Crippen molar-refractivity contribution in [3.8, 4) is 11.5 Å². The molecule has 7 heteroatoms. The van der Waals surface area contributed by atoms with Crippen molar-refractivity contribution in [2.75, 3.05) is 11.6 Å². The summed E-state index contributed by atoms with van der Waals surface area (Å²) in [5, 5.41) is 2.74. The minimum Gasteiger partial charge on any atom is -0.457 e. The van der Waals surface area contributed by atoms with Crippen molar-refractivity contribution in [1.29, 1.82) is 0 Å². The summed E-state index contributed by atoms with van der Waals surface area (Å²) in [6.07, 6.45) is 1.14. The summed E-state index contributed by atoms with van der Waals surface area (Å²) in [5.74, 6) is 0.743. The van der Waals surface area contributed by atoms with E-state index >= 15 is 0 Å². The Morgan fingerprint density at radius 2 is 1.72 bits per heavy atom. The highest BCUT2D eigenvalue weighted by Crippen LogP contribution is 2.25. The van der Waals surface area contributed by atoms with Crippen LogP contribution in [-0.4, -0.2) is 26.6 Å². The number of nitrogens with one attached hydrogen (secondary N) is 1. The van der Waals surface area contributed by atoms with E-state index in [9.17, 15) is 13.2 Å². The molecular formula is C18H22N2O4S. The molecule has 0 saturated carbocycles. The Labute approximate surface area is 147 Å². The highest BCUT2D eigenvalue weighted by molar-refractivity contribution is 7.90. The summed E-state index contributed by atoms with van der Waals surface area (Å²) >= 11 is 0. The number of ether oxygens (including phenoxy) is 1. The van der Waals surface area contributed by atoms with Gasteiger partial charge >= 0.3 is 0 Å². The lowest BCUT2D eigenvalue weighted by molar-refractivity contribution is -0.118. The van der Waals surface area contributed by atoms with Gasteiger partial charge in [0.15, 0.2) is 9.84 Å². The SMILES string of the molecule is CC(C)[C@H](N)C(=O)Nc1ccc(Oc2cccc(S(C)(=O)=O)c2)cc1. The number of anilines is 1. The number of amides is 1. The normalized spacial score (nSPS) is 12.7. The predicted molar refractivity (Wildman–Crippen MR) is 97.5 cm³/mol. The lowest BCUT2D eigenvalue weighted by atomic mass is 10.1. The fraction of sp³-hybridized carbons (Fsp3) is 0.278. The topological polar surface area (TPSA) is 98.5 Å². The van der Waals surface area contributed by atoms with Crippen LogP contribution in [0.15, 0.2) is 53.4 Å². The maximum atomic E-state index is 11.9. The summed E-state index contributed by atoms with van der Waals surface area (Å²) in [4.78, 5) is 12.1. The summed E-state index contributed by atoms with van der Waals surface area (Å²) in [6, 6.07) is 12.5. The molecule has 2 aromatic rings. The van der Waals surface area contributed by atoms with Gasteiger partial charge in [-0.15, -0.1) is 0 Å². The number of benzene rings is 2. The monoisotopic (exact) mass is 362 g/mol. The van der Waals surface area contributed by atoms with Gasteiger partial charge < -0.3 is 15.8 Å². The van der Waals surface area contributed by atoms with Crippen molar-refractivity contribution in [3.63, 3.8) is 0 Å². The Hall–Kier alpha value is -2.38. The summed E-state index contributed by atoms with van der Waals surface area (Å²) in [7, 11) is -3.29. The summed E-state index contributed by atoms with van der Waals surface area (Å²) in [5.41, 5.74) is 6.41. The van der Waals surface area contributed by atoms with Crippen molar-refractivity contribution in [2.24, 2.45) is 11.7 Å². The molecule has 0 saturated heterocycles. The van der Waals surface area contributed by atoms with Crippen LogP contribution < -0.4 is 15.8 Å². The maximum absolute atomic E-state index is 11.9. The van der Waals surface area contributed by atoms with E-state index in [1.165, 1.54) is 12.1 Å². The van der Waals surface area contributed by atoms with Crippen LogP contribution in [-0.2, 0) is 14.6 Å². The van der Waals surface area contributed by atoms with Crippen LogP contribution >= 0.6 is 0 Å². The van der Waals surface area contributed by atoms with Crippen molar-refractivity contribution in [2.45, 2.75) is 24.8 Å². The summed E-state index contributed by atoms with van der Waals surface area (Å²) < 4.78 is 28.8. The second kappa shape index (κ2) is 7.67. The van der Waals surface area contributed by atoms with Crippen LogP contribution in [0.1, 0.15) is 13.8 Å². The van der Waals surface area contributed by atoms with Gasteiger partial charge in [0.25, 0.3) is 0 Å². The average molecular weight is 362 g/mol. The molecular weight excluding hydrogens is 340 g/mol. The van der Waals surface area contributed by atoms with Crippen molar-refractivity contribution in [1.82, 2.24) is 0 Å². The first kappa shape index (κ1) is 19.0. The van der Waals surface area contributed by atoms with Gasteiger partial charge in [-0.25, -0.2) is 8.42 Å². The highest BCUT2D eigenvalue weighted by atomic mass is 32.2. The van der Waals surface area contributed by atoms with Gasteiger partial charge in [0, 0.05) is 11.9 Å². The molecule has 0 spiro atoms. The fourth-order valence-corrected chi connectivity index (χ4v) is 2.70. The van der Waals surface area contributed by atoms with Gasteiger partial charge in [-0.05, 0) is 48.4 Å². The fourth-order valence-electron chi connectivity index (χ4n) is 2.04. The quantitative estimate of drug-likeness (QED) is 0.823. The Kier molecular flexibility index (Phi) is 5.81. The lowest BCUT2D eigenvalue weighted by Crippen LogP contribution is -2.39. The molecule has 0 unspecified atom stereocenters. The van der Waals surface area contributed by atoms with Crippen molar-refractivity contribution >= 4 is 21.4 Å². The number of sulfone groups is 1. The standard InChI is InChI=1S/C18H22N2O4S/c1-12(2)17(19)18(21)20-13-7-9-14(10-8-13)24-15-5-4-6-16(11-15)25(3,22)23/h4-12,17H,19H2,1-3H3,(H,20,21)/t17-/m0/s1. The van der Waals surface area contributed by atoms with Gasteiger partial charge in [-0.3, -0.25) is 4.79 Å². The zero-order chi connectivity index (χ0) is 18.6. The third-order valence-corrected chi connectivity index (χ3v) is 4.72. The predicted octanol–water partition coefficient (Wildman–Crippen LogP) is 2.80. The van der Waals surface area contributed by atoms with E-state index in [2.05, 4.69) is 5.32 Å². The van der Waals surface area contributed by atoms with Crippen LogP contribution in [0, 0.1) is 5.92 Å². The Morgan fingerprint density at radius 1 is 1.08 bits per heavy atom.